The van der Waals surface area contributed by atoms with Crippen LogP contribution < -0.4 is 9.64 Å². The van der Waals surface area contributed by atoms with E-state index in [2.05, 4.69) is 11.9 Å². The molecule has 1 amide bonds. The van der Waals surface area contributed by atoms with Crippen LogP contribution in [0.2, 0.25) is 5.02 Å². The molecule has 0 unspecified atom stereocenters. The number of nitrogens with zero attached hydrogens (tertiary/aromatic N) is 2. The van der Waals surface area contributed by atoms with E-state index in [-0.39, 0.29) is 12.5 Å². The number of halogens is 1. The molecule has 6 heteroatoms. The van der Waals surface area contributed by atoms with Crippen LogP contribution in [0.25, 0.3) is 11.3 Å². The monoisotopic (exact) mass is 384 g/mol. The lowest BCUT2D eigenvalue weighted by atomic mass is 10.1. The molecule has 0 spiro atoms. The maximum absolute atomic E-state index is 12.5. The molecule has 0 saturated heterocycles. The van der Waals surface area contributed by atoms with Gasteiger partial charge in [0.15, 0.2) is 6.61 Å². The van der Waals surface area contributed by atoms with E-state index in [0.29, 0.717) is 17.3 Å². The molecule has 0 fully saturated rings. The van der Waals surface area contributed by atoms with Crippen LogP contribution in [-0.4, -0.2) is 17.5 Å². The zero-order chi connectivity index (χ0) is 18.3. The smallest absolute Gasteiger partial charge is 0.265 e. The highest BCUT2D eigenvalue weighted by Gasteiger charge is 2.26. The predicted octanol–water partition coefficient (Wildman–Crippen LogP) is 5.01. The molecule has 2 heterocycles. The summed E-state index contributed by atoms with van der Waals surface area (Å²) in [6.07, 6.45) is 0. The van der Waals surface area contributed by atoms with Gasteiger partial charge in [-0.25, -0.2) is 4.98 Å². The quantitative estimate of drug-likeness (QED) is 0.637. The lowest BCUT2D eigenvalue weighted by Gasteiger charge is -2.30. The normalized spacial score (nSPS) is 13.5. The Morgan fingerprint density at radius 1 is 1.23 bits per heavy atom. The van der Waals surface area contributed by atoms with Gasteiger partial charge >= 0.3 is 0 Å². The van der Waals surface area contributed by atoms with E-state index in [4.69, 9.17) is 16.3 Å². The fraction of sp³-hybridized carbons (Fsp3) is 0.200. The number of hydrogen-bond acceptors (Lipinski definition) is 4. The average Bonchev–Trinajstić information content (AvgIpc) is 2.95. The minimum atomic E-state index is -0.0687. The maximum Gasteiger partial charge on any atom is 0.265 e. The third-order valence-corrected chi connectivity index (χ3v) is 5.43. The van der Waals surface area contributed by atoms with Crippen molar-refractivity contribution in [3.8, 4) is 17.0 Å². The van der Waals surface area contributed by atoms with Crippen LogP contribution in [0, 0.1) is 13.8 Å². The van der Waals surface area contributed by atoms with Crippen LogP contribution in [0.3, 0.4) is 0 Å². The van der Waals surface area contributed by atoms with E-state index < -0.39 is 0 Å². The van der Waals surface area contributed by atoms with Crippen molar-refractivity contribution >= 4 is 34.5 Å². The standard InChI is InChI=1S/C20H17ClN2O2S/c1-12-20(22-13(2)26-12)15-6-7-18-17(9-15)23(19(24)11-25-18)10-14-4-3-5-16(21)8-14/h3-9H,10-11H2,1-2H3. The molecule has 1 aromatic heterocycles. The van der Waals surface area contributed by atoms with Crippen molar-refractivity contribution in [2.75, 3.05) is 11.5 Å². The number of amides is 1. The SMILES string of the molecule is Cc1nc(-c2ccc3c(c2)N(Cc2cccc(Cl)c2)C(=O)CO3)c(C)s1. The Morgan fingerprint density at radius 3 is 2.81 bits per heavy atom. The molecule has 1 aliphatic heterocycles. The Bertz CT molecular complexity index is 999. The van der Waals surface area contributed by atoms with Crippen molar-refractivity contribution in [2.24, 2.45) is 0 Å². The fourth-order valence-electron chi connectivity index (χ4n) is 3.14. The second-order valence-corrected chi connectivity index (χ2v) is 8.06. The van der Waals surface area contributed by atoms with Gasteiger partial charge in [-0.2, -0.15) is 0 Å². The molecular formula is C20H17ClN2O2S. The Kier molecular flexibility index (Phi) is 4.42. The molecule has 2 aromatic carbocycles. The first kappa shape index (κ1) is 17.1. The van der Waals surface area contributed by atoms with Crippen molar-refractivity contribution in [2.45, 2.75) is 20.4 Å². The molecule has 132 valence electrons. The van der Waals surface area contributed by atoms with Gasteiger partial charge in [0.2, 0.25) is 0 Å². The summed E-state index contributed by atoms with van der Waals surface area (Å²) < 4.78 is 5.62. The van der Waals surface area contributed by atoms with E-state index in [0.717, 1.165) is 32.4 Å². The largest absolute Gasteiger partial charge is 0.482 e. The van der Waals surface area contributed by atoms with Crippen LogP contribution in [0.15, 0.2) is 42.5 Å². The minimum absolute atomic E-state index is 0.0434. The summed E-state index contributed by atoms with van der Waals surface area (Å²) in [5.74, 6) is 0.640. The number of hydrogen-bond donors (Lipinski definition) is 0. The second kappa shape index (κ2) is 6.74. The van der Waals surface area contributed by atoms with Gasteiger partial charge in [-0.3, -0.25) is 4.79 Å². The molecule has 0 radical (unpaired) electrons. The first-order valence-corrected chi connectivity index (χ1v) is 9.47. The van der Waals surface area contributed by atoms with Crippen molar-refractivity contribution < 1.29 is 9.53 Å². The number of aromatic nitrogens is 1. The summed E-state index contributed by atoms with van der Waals surface area (Å²) in [4.78, 5) is 20.1. The number of thiazole rings is 1. The van der Waals surface area contributed by atoms with E-state index in [1.165, 1.54) is 0 Å². The van der Waals surface area contributed by atoms with E-state index in [1.807, 2.05) is 49.4 Å². The van der Waals surface area contributed by atoms with Gasteiger partial charge in [-0.1, -0.05) is 23.7 Å². The highest BCUT2D eigenvalue weighted by molar-refractivity contribution is 7.11. The number of rotatable bonds is 3. The molecule has 4 rings (SSSR count). The summed E-state index contributed by atoms with van der Waals surface area (Å²) in [6, 6.07) is 13.4. The van der Waals surface area contributed by atoms with Crippen LogP contribution in [0.4, 0.5) is 5.69 Å². The third-order valence-electron chi connectivity index (χ3n) is 4.31. The maximum atomic E-state index is 12.5. The number of aryl methyl sites for hydroxylation is 2. The summed E-state index contributed by atoms with van der Waals surface area (Å²) in [6.45, 7) is 4.55. The number of fused-ring (bicyclic) bond motifs is 1. The van der Waals surface area contributed by atoms with E-state index >= 15 is 0 Å². The highest BCUT2D eigenvalue weighted by atomic mass is 35.5. The molecule has 3 aromatic rings. The first-order valence-electron chi connectivity index (χ1n) is 8.27. The molecule has 1 aliphatic rings. The van der Waals surface area contributed by atoms with Gasteiger partial charge < -0.3 is 9.64 Å². The van der Waals surface area contributed by atoms with Gasteiger partial charge in [0.25, 0.3) is 5.91 Å². The van der Waals surface area contributed by atoms with E-state index in [1.54, 1.807) is 16.2 Å². The van der Waals surface area contributed by atoms with Crippen molar-refractivity contribution in [1.82, 2.24) is 4.98 Å². The predicted molar refractivity (Wildman–Crippen MR) is 105 cm³/mol. The number of carbonyl (C=O) groups is 1. The number of ether oxygens (including phenoxy) is 1. The van der Waals surface area contributed by atoms with Crippen molar-refractivity contribution in [3.05, 3.63) is 62.9 Å². The summed E-state index contributed by atoms with van der Waals surface area (Å²) >= 11 is 7.76. The zero-order valence-electron chi connectivity index (χ0n) is 14.5. The molecule has 0 N–H and O–H groups in total. The van der Waals surface area contributed by atoms with Gasteiger partial charge in [0.05, 0.1) is 22.9 Å². The zero-order valence-corrected chi connectivity index (χ0v) is 16.0. The van der Waals surface area contributed by atoms with Crippen LogP contribution in [0.1, 0.15) is 15.4 Å². The Labute approximate surface area is 161 Å². The van der Waals surface area contributed by atoms with Gasteiger partial charge in [-0.05, 0) is 49.7 Å². The first-order chi connectivity index (χ1) is 12.5. The highest BCUT2D eigenvalue weighted by Crippen LogP contribution is 2.38. The van der Waals surface area contributed by atoms with Gasteiger partial charge in [-0.15, -0.1) is 11.3 Å². The summed E-state index contributed by atoms with van der Waals surface area (Å²) in [5.41, 5.74) is 3.68. The molecule has 0 bridgehead atoms. The lowest BCUT2D eigenvalue weighted by molar-refractivity contribution is -0.121. The Hall–Kier alpha value is -2.37. The number of benzene rings is 2. The summed E-state index contributed by atoms with van der Waals surface area (Å²) in [5, 5.41) is 1.68. The van der Waals surface area contributed by atoms with Crippen molar-refractivity contribution in [3.63, 3.8) is 0 Å². The average molecular weight is 385 g/mol. The molecule has 26 heavy (non-hydrogen) atoms. The molecule has 4 nitrogen and oxygen atoms in total. The lowest BCUT2D eigenvalue weighted by Crippen LogP contribution is -2.38. The van der Waals surface area contributed by atoms with Crippen molar-refractivity contribution in [1.29, 1.82) is 0 Å². The van der Waals surface area contributed by atoms with Gasteiger partial charge in [0.1, 0.15) is 5.75 Å². The summed E-state index contributed by atoms with van der Waals surface area (Å²) in [7, 11) is 0. The van der Waals surface area contributed by atoms with Crippen LogP contribution in [-0.2, 0) is 11.3 Å². The molecule has 0 saturated carbocycles. The van der Waals surface area contributed by atoms with Crippen LogP contribution >= 0.6 is 22.9 Å². The molecule has 0 atom stereocenters. The minimum Gasteiger partial charge on any atom is -0.482 e. The topological polar surface area (TPSA) is 42.4 Å². The molecule has 0 aliphatic carbocycles. The number of anilines is 1. The number of carbonyl (C=O) groups excluding carboxylic acids is 1. The van der Waals surface area contributed by atoms with E-state index in [9.17, 15) is 4.79 Å². The Balaban J connectivity index is 1.75. The fourth-order valence-corrected chi connectivity index (χ4v) is 4.19. The van der Waals surface area contributed by atoms with Crippen LogP contribution in [0.5, 0.6) is 5.75 Å². The Morgan fingerprint density at radius 2 is 2.08 bits per heavy atom. The van der Waals surface area contributed by atoms with Gasteiger partial charge in [0, 0.05) is 15.5 Å². The molecular weight excluding hydrogens is 368 g/mol. The third kappa shape index (κ3) is 3.20. The second-order valence-electron chi connectivity index (χ2n) is 6.22.